The molecular formula is C12H12IN3O. The van der Waals surface area contributed by atoms with E-state index in [0.717, 1.165) is 17.7 Å². The Morgan fingerprint density at radius 2 is 2.06 bits per heavy atom. The molecule has 0 aliphatic heterocycles. The molecule has 0 bridgehead atoms. The number of aromatic nitrogens is 3. The van der Waals surface area contributed by atoms with E-state index in [-0.39, 0.29) is 5.56 Å². The summed E-state index contributed by atoms with van der Waals surface area (Å²) in [6, 6.07) is 3.84. The lowest BCUT2D eigenvalue weighted by atomic mass is 10.2. The Hall–Kier alpha value is -1.24. The van der Waals surface area contributed by atoms with Gasteiger partial charge in [-0.2, -0.15) is 0 Å². The molecule has 1 N–H and O–H groups in total. The van der Waals surface area contributed by atoms with E-state index in [0.29, 0.717) is 15.8 Å². The second-order valence-corrected chi connectivity index (χ2v) is 4.74. The minimum Gasteiger partial charge on any atom is -0.309 e. The molecule has 0 aliphatic carbocycles. The Morgan fingerprint density at radius 1 is 1.35 bits per heavy atom. The summed E-state index contributed by atoms with van der Waals surface area (Å²) in [5.41, 5.74) is 1.89. The number of H-pyrrole nitrogens is 1. The molecule has 2 aromatic heterocycles. The van der Waals surface area contributed by atoms with Crippen molar-refractivity contribution in [3.05, 3.63) is 55.5 Å². The maximum absolute atomic E-state index is 11.7. The lowest BCUT2D eigenvalue weighted by Crippen LogP contribution is -2.18. The number of nitrogens with zero attached hydrogens (tertiary/aromatic N) is 2. The van der Waals surface area contributed by atoms with Crippen molar-refractivity contribution in [3.63, 3.8) is 0 Å². The molecular weight excluding hydrogens is 329 g/mol. The van der Waals surface area contributed by atoms with Crippen LogP contribution in [0.3, 0.4) is 0 Å². The lowest BCUT2D eigenvalue weighted by molar-refractivity contribution is 0.874. The van der Waals surface area contributed by atoms with Gasteiger partial charge >= 0.3 is 0 Å². The molecule has 0 amide bonds. The van der Waals surface area contributed by atoms with Gasteiger partial charge in [-0.05, 0) is 46.7 Å². The van der Waals surface area contributed by atoms with Gasteiger partial charge in [-0.1, -0.05) is 6.92 Å². The third kappa shape index (κ3) is 2.91. The molecule has 2 rings (SSSR count). The van der Waals surface area contributed by atoms with E-state index < -0.39 is 0 Å². The minimum absolute atomic E-state index is 0.0542. The Labute approximate surface area is 113 Å². The number of nitrogens with one attached hydrogen (secondary N) is 1. The predicted octanol–water partition coefficient (Wildman–Crippen LogP) is 1.92. The number of aromatic amines is 1. The molecule has 2 aromatic rings. The van der Waals surface area contributed by atoms with E-state index in [9.17, 15) is 4.79 Å². The summed E-state index contributed by atoms with van der Waals surface area (Å²) in [6.45, 7) is 2.00. The highest BCUT2D eigenvalue weighted by Crippen LogP contribution is 2.08. The number of halogens is 1. The monoisotopic (exact) mass is 341 g/mol. The molecule has 4 nitrogen and oxygen atoms in total. The molecule has 17 heavy (non-hydrogen) atoms. The average Bonchev–Trinajstić information content (AvgIpc) is 2.35. The number of hydrogen-bond donors (Lipinski definition) is 1. The van der Waals surface area contributed by atoms with Gasteiger partial charge < -0.3 is 4.98 Å². The fourth-order valence-corrected chi connectivity index (χ4v) is 2.21. The van der Waals surface area contributed by atoms with Crippen LogP contribution in [0.4, 0.5) is 0 Å². The summed E-state index contributed by atoms with van der Waals surface area (Å²) in [7, 11) is 0. The van der Waals surface area contributed by atoms with Crippen molar-refractivity contribution in [2.45, 2.75) is 19.8 Å². The van der Waals surface area contributed by atoms with Crippen molar-refractivity contribution in [1.29, 1.82) is 0 Å². The lowest BCUT2D eigenvalue weighted by Gasteiger charge is -2.04. The van der Waals surface area contributed by atoms with Crippen LogP contribution in [0.5, 0.6) is 0 Å². The van der Waals surface area contributed by atoms with Crippen LogP contribution in [0.25, 0.3) is 0 Å². The zero-order valence-corrected chi connectivity index (χ0v) is 11.6. The number of aryl methyl sites for hydroxylation is 1. The van der Waals surface area contributed by atoms with Crippen LogP contribution in [0.1, 0.15) is 24.0 Å². The van der Waals surface area contributed by atoms with Gasteiger partial charge in [0, 0.05) is 18.8 Å². The predicted molar refractivity (Wildman–Crippen MR) is 74.0 cm³/mol. The fourth-order valence-electron chi connectivity index (χ4n) is 1.57. The van der Waals surface area contributed by atoms with Crippen molar-refractivity contribution in [2.75, 3.05) is 0 Å². The Bertz CT molecular complexity index is 566. The van der Waals surface area contributed by atoms with Crippen LogP contribution in [0.15, 0.2) is 29.3 Å². The fraction of sp³-hybridized carbons (Fsp3) is 0.250. The minimum atomic E-state index is -0.0542. The van der Waals surface area contributed by atoms with Gasteiger partial charge in [0.2, 0.25) is 0 Å². The Balaban J connectivity index is 2.34. The zero-order valence-electron chi connectivity index (χ0n) is 9.40. The Kier molecular flexibility index (Phi) is 3.88. The van der Waals surface area contributed by atoms with Crippen LogP contribution in [-0.2, 0) is 12.8 Å². The van der Waals surface area contributed by atoms with Crippen molar-refractivity contribution in [1.82, 2.24) is 15.0 Å². The average molecular weight is 341 g/mol. The van der Waals surface area contributed by atoms with E-state index >= 15 is 0 Å². The van der Waals surface area contributed by atoms with Gasteiger partial charge in [-0.15, -0.1) is 0 Å². The SMILES string of the molecule is CCc1nc(Cc2ccncc2)[nH]c(=O)c1I. The van der Waals surface area contributed by atoms with E-state index in [2.05, 4.69) is 15.0 Å². The molecule has 5 heteroatoms. The number of hydrogen-bond acceptors (Lipinski definition) is 3. The van der Waals surface area contributed by atoms with Crippen molar-refractivity contribution >= 4 is 22.6 Å². The maximum Gasteiger partial charge on any atom is 0.264 e. The van der Waals surface area contributed by atoms with Crippen LogP contribution >= 0.6 is 22.6 Å². The van der Waals surface area contributed by atoms with E-state index in [4.69, 9.17) is 0 Å². The highest BCUT2D eigenvalue weighted by molar-refractivity contribution is 14.1. The molecule has 0 atom stereocenters. The van der Waals surface area contributed by atoms with Crippen LogP contribution in [0.2, 0.25) is 0 Å². The molecule has 88 valence electrons. The molecule has 0 aromatic carbocycles. The highest BCUT2D eigenvalue weighted by Gasteiger charge is 2.07. The zero-order chi connectivity index (χ0) is 12.3. The molecule has 0 radical (unpaired) electrons. The van der Waals surface area contributed by atoms with Crippen LogP contribution in [0, 0.1) is 3.57 Å². The summed E-state index contributed by atoms with van der Waals surface area (Å²) in [4.78, 5) is 22.9. The molecule has 0 saturated heterocycles. The largest absolute Gasteiger partial charge is 0.309 e. The normalized spacial score (nSPS) is 10.5. The van der Waals surface area contributed by atoms with E-state index in [1.165, 1.54) is 0 Å². The van der Waals surface area contributed by atoms with E-state index in [1.807, 2.05) is 41.6 Å². The quantitative estimate of drug-likeness (QED) is 0.868. The summed E-state index contributed by atoms with van der Waals surface area (Å²) in [6.07, 6.45) is 4.87. The van der Waals surface area contributed by atoms with Crippen molar-refractivity contribution in [2.24, 2.45) is 0 Å². The highest BCUT2D eigenvalue weighted by atomic mass is 127. The third-order valence-corrected chi connectivity index (χ3v) is 3.55. The van der Waals surface area contributed by atoms with Crippen LogP contribution < -0.4 is 5.56 Å². The maximum atomic E-state index is 11.7. The topological polar surface area (TPSA) is 58.6 Å². The molecule has 0 saturated carbocycles. The summed E-state index contributed by atoms with van der Waals surface area (Å²) in [5, 5.41) is 0. The first-order valence-corrected chi connectivity index (χ1v) is 6.45. The second kappa shape index (κ2) is 5.39. The summed E-state index contributed by atoms with van der Waals surface area (Å²) < 4.78 is 0.684. The second-order valence-electron chi connectivity index (χ2n) is 3.66. The molecule has 0 aliphatic rings. The standard InChI is InChI=1S/C12H12IN3O/c1-2-9-11(13)12(17)16-10(15-9)7-8-3-5-14-6-4-8/h3-6H,2,7H2,1H3,(H,15,16,17). The molecule has 0 unspecified atom stereocenters. The number of rotatable bonds is 3. The molecule has 2 heterocycles. The first kappa shape index (κ1) is 12.2. The first-order chi connectivity index (χ1) is 8.20. The van der Waals surface area contributed by atoms with Gasteiger partial charge in [0.25, 0.3) is 5.56 Å². The molecule has 0 fully saturated rings. The van der Waals surface area contributed by atoms with Crippen LogP contribution in [-0.4, -0.2) is 15.0 Å². The molecule has 0 spiro atoms. The number of pyridine rings is 1. The van der Waals surface area contributed by atoms with Gasteiger partial charge in [0.15, 0.2) is 0 Å². The van der Waals surface area contributed by atoms with Gasteiger partial charge in [-0.25, -0.2) is 4.98 Å². The Morgan fingerprint density at radius 3 is 2.71 bits per heavy atom. The summed E-state index contributed by atoms with van der Waals surface area (Å²) in [5.74, 6) is 0.707. The third-order valence-electron chi connectivity index (χ3n) is 2.44. The van der Waals surface area contributed by atoms with Crippen molar-refractivity contribution in [3.8, 4) is 0 Å². The van der Waals surface area contributed by atoms with Gasteiger partial charge in [0.1, 0.15) is 5.82 Å². The summed E-state index contributed by atoms with van der Waals surface area (Å²) >= 11 is 2.04. The van der Waals surface area contributed by atoms with E-state index in [1.54, 1.807) is 12.4 Å². The van der Waals surface area contributed by atoms with Gasteiger partial charge in [0.05, 0.1) is 9.26 Å². The first-order valence-electron chi connectivity index (χ1n) is 5.37. The smallest absolute Gasteiger partial charge is 0.264 e. The van der Waals surface area contributed by atoms with Gasteiger partial charge in [-0.3, -0.25) is 9.78 Å². The van der Waals surface area contributed by atoms with Crippen molar-refractivity contribution < 1.29 is 0 Å².